The molecular weight excluding hydrogens is 394 g/mol. The van der Waals surface area contributed by atoms with Crippen molar-refractivity contribution >= 4 is 34.2 Å². The second kappa shape index (κ2) is 9.41. The molecule has 0 aliphatic carbocycles. The van der Waals surface area contributed by atoms with E-state index < -0.39 is 0 Å². The highest BCUT2D eigenvalue weighted by molar-refractivity contribution is 8.15. The predicted molar refractivity (Wildman–Crippen MR) is 123 cm³/mol. The van der Waals surface area contributed by atoms with E-state index in [1.54, 1.807) is 4.90 Å². The van der Waals surface area contributed by atoms with Gasteiger partial charge in [-0.05, 0) is 36.8 Å². The molecule has 1 aliphatic rings. The number of amidine groups is 1. The number of carbonyl (C=O) groups is 1. The van der Waals surface area contributed by atoms with Crippen LogP contribution >= 0.6 is 11.8 Å². The first-order valence-corrected chi connectivity index (χ1v) is 10.5. The minimum atomic E-state index is -0.346. The monoisotopic (exact) mass is 415 g/mol. The van der Waals surface area contributed by atoms with Gasteiger partial charge in [0.2, 0.25) is 0 Å². The van der Waals surface area contributed by atoms with Crippen LogP contribution in [0.3, 0.4) is 0 Å². The SMILES string of the molecule is C/C(COc1ccccc1)=N\N=C1\SC(c2ccccc2)C(=O)N1c1ccccc1. The quantitative estimate of drug-likeness (QED) is 0.404. The highest BCUT2D eigenvalue weighted by atomic mass is 32.2. The Kier molecular flexibility index (Phi) is 6.25. The molecule has 5 nitrogen and oxygen atoms in total. The Morgan fingerprint density at radius 2 is 1.53 bits per heavy atom. The normalized spacial score (nSPS) is 18.1. The number of para-hydroxylation sites is 2. The van der Waals surface area contributed by atoms with Crippen LogP contribution in [-0.2, 0) is 4.79 Å². The topological polar surface area (TPSA) is 54.3 Å². The minimum absolute atomic E-state index is 0.0236. The molecule has 1 atom stereocenters. The van der Waals surface area contributed by atoms with Crippen molar-refractivity contribution in [2.45, 2.75) is 12.2 Å². The third kappa shape index (κ3) is 4.60. The first-order chi connectivity index (χ1) is 14.7. The maximum atomic E-state index is 13.2. The Bertz CT molecular complexity index is 1050. The zero-order valence-corrected chi connectivity index (χ0v) is 17.3. The molecule has 4 rings (SSSR count). The summed E-state index contributed by atoms with van der Waals surface area (Å²) in [6.45, 7) is 2.18. The smallest absolute Gasteiger partial charge is 0.251 e. The Balaban J connectivity index is 1.57. The summed E-state index contributed by atoms with van der Waals surface area (Å²) in [5.41, 5.74) is 2.45. The van der Waals surface area contributed by atoms with Crippen LogP contribution < -0.4 is 9.64 Å². The van der Waals surface area contributed by atoms with Crippen molar-refractivity contribution in [2.24, 2.45) is 10.2 Å². The maximum Gasteiger partial charge on any atom is 0.251 e. The lowest BCUT2D eigenvalue weighted by Gasteiger charge is -2.15. The molecule has 0 bridgehead atoms. The molecule has 0 radical (unpaired) electrons. The van der Waals surface area contributed by atoms with Gasteiger partial charge in [-0.1, -0.05) is 78.5 Å². The third-order valence-corrected chi connectivity index (χ3v) is 5.66. The largest absolute Gasteiger partial charge is 0.488 e. The van der Waals surface area contributed by atoms with Gasteiger partial charge in [-0.15, -0.1) is 5.10 Å². The number of hydrogen-bond donors (Lipinski definition) is 0. The van der Waals surface area contributed by atoms with Crippen LogP contribution in [0.4, 0.5) is 5.69 Å². The highest BCUT2D eigenvalue weighted by Crippen LogP contribution is 2.41. The summed E-state index contributed by atoms with van der Waals surface area (Å²) in [5.74, 6) is 0.754. The van der Waals surface area contributed by atoms with E-state index in [9.17, 15) is 4.79 Å². The summed E-state index contributed by atoms with van der Waals surface area (Å²) < 4.78 is 5.72. The summed E-state index contributed by atoms with van der Waals surface area (Å²) >= 11 is 1.41. The number of nitrogens with zero attached hydrogens (tertiary/aromatic N) is 3. The number of ether oxygens (including phenoxy) is 1. The Labute approximate surface area is 180 Å². The fourth-order valence-electron chi connectivity index (χ4n) is 3.00. The van der Waals surface area contributed by atoms with E-state index in [-0.39, 0.29) is 11.2 Å². The molecular formula is C24H21N3O2S. The van der Waals surface area contributed by atoms with Crippen LogP contribution in [0.25, 0.3) is 0 Å². The Morgan fingerprint density at radius 3 is 2.20 bits per heavy atom. The van der Waals surface area contributed by atoms with Gasteiger partial charge in [-0.3, -0.25) is 9.69 Å². The molecule has 30 heavy (non-hydrogen) atoms. The molecule has 0 N–H and O–H groups in total. The van der Waals surface area contributed by atoms with Crippen molar-refractivity contribution in [2.75, 3.05) is 11.5 Å². The van der Waals surface area contributed by atoms with Gasteiger partial charge in [0.05, 0.1) is 11.4 Å². The van der Waals surface area contributed by atoms with Crippen molar-refractivity contribution in [1.29, 1.82) is 0 Å². The molecule has 1 unspecified atom stereocenters. The highest BCUT2D eigenvalue weighted by Gasteiger charge is 2.40. The second-order valence-electron chi connectivity index (χ2n) is 6.74. The minimum Gasteiger partial charge on any atom is -0.488 e. The lowest BCUT2D eigenvalue weighted by Crippen LogP contribution is -2.30. The molecule has 1 amide bonds. The fraction of sp³-hybridized carbons (Fsp3) is 0.125. The second-order valence-corrected chi connectivity index (χ2v) is 7.81. The van der Waals surface area contributed by atoms with E-state index in [1.807, 2.05) is 97.9 Å². The number of hydrogen-bond acceptors (Lipinski definition) is 5. The van der Waals surface area contributed by atoms with Crippen LogP contribution in [0.15, 0.2) is 101 Å². The van der Waals surface area contributed by atoms with Crippen molar-refractivity contribution in [3.8, 4) is 5.75 Å². The number of thioether (sulfide) groups is 1. The number of amides is 1. The lowest BCUT2D eigenvalue weighted by atomic mass is 10.1. The zero-order chi connectivity index (χ0) is 20.8. The van der Waals surface area contributed by atoms with Gasteiger partial charge in [0.15, 0.2) is 5.17 Å². The summed E-state index contributed by atoms with van der Waals surface area (Å²) in [5, 5.41) is 8.95. The molecule has 1 aliphatic heterocycles. The zero-order valence-electron chi connectivity index (χ0n) is 16.5. The van der Waals surface area contributed by atoms with Crippen LogP contribution in [0.2, 0.25) is 0 Å². The molecule has 1 saturated heterocycles. The van der Waals surface area contributed by atoms with E-state index in [4.69, 9.17) is 4.74 Å². The van der Waals surface area contributed by atoms with Crippen LogP contribution in [0.1, 0.15) is 17.7 Å². The van der Waals surface area contributed by atoms with E-state index >= 15 is 0 Å². The number of carbonyl (C=O) groups excluding carboxylic acids is 1. The van der Waals surface area contributed by atoms with Gasteiger partial charge in [0.25, 0.3) is 5.91 Å². The van der Waals surface area contributed by atoms with E-state index in [0.29, 0.717) is 11.8 Å². The Hall–Kier alpha value is -3.38. The van der Waals surface area contributed by atoms with Crippen molar-refractivity contribution in [3.05, 3.63) is 96.6 Å². The number of anilines is 1. The first kappa shape index (κ1) is 19.9. The molecule has 0 saturated carbocycles. The van der Waals surface area contributed by atoms with Crippen LogP contribution in [0.5, 0.6) is 5.75 Å². The summed E-state index contributed by atoms with van der Waals surface area (Å²) in [6, 6.07) is 28.8. The average molecular weight is 416 g/mol. The molecule has 0 spiro atoms. The van der Waals surface area contributed by atoms with Gasteiger partial charge in [0.1, 0.15) is 17.6 Å². The molecule has 150 valence electrons. The molecule has 1 fully saturated rings. The molecule has 0 aromatic heterocycles. The van der Waals surface area contributed by atoms with Crippen LogP contribution in [-0.4, -0.2) is 23.4 Å². The first-order valence-electron chi connectivity index (χ1n) is 9.62. The average Bonchev–Trinajstić information content (AvgIpc) is 3.14. The van der Waals surface area contributed by atoms with Crippen molar-refractivity contribution in [1.82, 2.24) is 0 Å². The molecule has 3 aromatic rings. The summed E-state index contributed by atoms with van der Waals surface area (Å²) in [4.78, 5) is 14.9. The Morgan fingerprint density at radius 1 is 0.933 bits per heavy atom. The number of rotatable bonds is 6. The summed E-state index contributed by atoms with van der Waals surface area (Å²) in [6.07, 6.45) is 0. The predicted octanol–water partition coefficient (Wildman–Crippen LogP) is 5.32. The van der Waals surface area contributed by atoms with Crippen LogP contribution in [0, 0.1) is 0 Å². The molecule has 1 heterocycles. The van der Waals surface area contributed by atoms with Gasteiger partial charge < -0.3 is 4.74 Å². The molecule has 6 heteroatoms. The van der Waals surface area contributed by atoms with E-state index in [1.165, 1.54) is 11.8 Å². The molecule has 3 aromatic carbocycles. The van der Waals surface area contributed by atoms with E-state index in [0.717, 1.165) is 22.7 Å². The fourth-order valence-corrected chi connectivity index (χ4v) is 4.10. The van der Waals surface area contributed by atoms with Crippen molar-refractivity contribution < 1.29 is 9.53 Å². The maximum absolute atomic E-state index is 13.2. The standard InChI is InChI=1S/C24H21N3O2S/c1-18(17-29-21-15-9-4-10-16-21)25-26-24-27(20-13-7-3-8-14-20)23(28)22(30-24)19-11-5-2-6-12-19/h2-16,22H,17H2,1H3/b25-18+,26-24+. The van der Waals surface area contributed by atoms with Crippen molar-refractivity contribution in [3.63, 3.8) is 0 Å². The summed E-state index contributed by atoms with van der Waals surface area (Å²) in [7, 11) is 0. The number of benzene rings is 3. The van der Waals surface area contributed by atoms with Gasteiger partial charge >= 0.3 is 0 Å². The van der Waals surface area contributed by atoms with Gasteiger partial charge in [0, 0.05) is 0 Å². The van der Waals surface area contributed by atoms with E-state index in [2.05, 4.69) is 10.2 Å². The lowest BCUT2D eigenvalue weighted by molar-refractivity contribution is -0.117. The van der Waals surface area contributed by atoms with Gasteiger partial charge in [-0.2, -0.15) is 5.10 Å². The van der Waals surface area contributed by atoms with Gasteiger partial charge in [-0.25, -0.2) is 0 Å². The third-order valence-electron chi connectivity index (χ3n) is 4.47.